The van der Waals surface area contributed by atoms with E-state index in [0.29, 0.717) is 0 Å². The van der Waals surface area contributed by atoms with Gasteiger partial charge in [0.2, 0.25) is 5.91 Å². The summed E-state index contributed by atoms with van der Waals surface area (Å²) in [6.45, 7) is 2.07. The van der Waals surface area contributed by atoms with Crippen LogP contribution in [0.3, 0.4) is 0 Å². The molecule has 0 bridgehead atoms. The molecule has 0 aromatic heterocycles. The third kappa shape index (κ3) is 3.04. The molecule has 0 heterocycles. The standard InChI is InChI=1S/C19H21NO2/c1-13(19(22)20-18-9-6-14(10-18)12-21)16-8-7-15-4-2-3-5-17(15)11-16/h2-9,11,13-14,18,21H,10,12H2,1H3,(H,20,22)/t13?,14-,18+/m0/s1. The Morgan fingerprint density at radius 3 is 2.73 bits per heavy atom. The van der Waals surface area contributed by atoms with E-state index in [1.54, 1.807) is 0 Å². The minimum atomic E-state index is -0.189. The maximum absolute atomic E-state index is 12.4. The summed E-state index contributed by atoms with van der Waals surface area (Å²) in [6, 6.07) is 14.4. The Balaban J connectivity index is 1.70. The van der Waals surface area contributed by atoms with E-state index in [1.165, 1.54) is 5.39 Å². The van der Waals surface area contributed by atoms with Gasteiger partial charge >= 0.3 is 0 Å². The molecule has 114 valence electrons. The van der Waals surface area contributed by atoms with Gasteiger partial charge in [-0.3, -0.25) is 4.79 Å². The Bertz CT molecular complexity index is 707. The number of amides is 1. The fourth-order valence-electron chi connectivity index (χ4n) is 2.95. The minimum absolute atomic E-state index is 0.0310. The lowest BCUT2D eigenvalue weighted by atomic mass is 9.96. The second kappa shape index (κ2) is 6.32. The van der Waals surface area contributed by atoms with E-state index < -0.39 is 0 Å². The van der Waals surface area contributed by atoms with E-state index in [4.69, 9.17) is 5.11 Å². The molecule has 3 atom stereocenters. The van der Waals surface area contributed by atoms with Gasteiger partial charge in [0.1, 0.15) is 0 Å². The van der Waals surface area contributed by atoms with E-state index in [0.717, 1.165) is 17.4 Å². The third-order valence-corrected chi connectivity index (χ3v) is 4.40. The quantitative estimate of drug-likeness (QED) is 0.852. The largest absolute Gasteiger partial charge is 0.396 e. The highest BCUT2D eigenvalue weighted by Gasteiger charge is 2.23. The number of carbonyl (C=O) groups is 1. The van der Waals surface area contributed by atoms with Gasteiger partial charge in [0, 0.05) is 18.6 Å². The highest BCUT2D eigenvalue weighted by atomic mass is 16.3. The van der Waals surface area contributed by atoms with Crippen LogP contribution in [0.1, 0.15) is 24.8 Å². The number of aliphatic hydroxyl groups excluding tert-OH is 1. The van der Waals surface area contributed by atoms with Crippen LogP contribution in [0.4, 0.5) is 0 Å². The van der Waals surface area contributed by atoms with Crippen molar-refractivity contribution in [3.05, 3.63) is 60.2 Å². The maximum atomic E-state index is 12.4. The van der Waals surface area contributed by atoms with E-state index in [-0.39, 0.29) is 30.4 Å². The average molecular weight is 295 g/mol. The molecule has 3 heteroatoms. The Labute approximate surface area is 130 Å². The molecular formula is C19H21NO2. The minimum Gasteiger partial charge on any atom is -0.396 e. The molecule has 0 spiro atoms. The van der Waals surface area contributed by atoms with E-state index in [2.05, 4.69) is 29.6 Å². The van der Waals surface area contributed by atoms with Gasteiger partial charge in [-0.2, -0.15) is 0 Å². The average Bonchev–Trinajstić information content (AvgIpc) is 3.01. The molecule has 0 saturated carbocycles. The van der Waals surface area contributed by atoms with Crippen molar-refractivity contribution in [2.45, 2.75) is 25.3 Å². The van der Waals surface area contributed by atoms with Crippen LogP contribution >= 0.6 is 0 Å². The molecule has 0 aliphatic heterocycles. The fraction of sp³-hybridized carbons (Fsp3) is 0.316. The summed E-state index contributed by atoms with van der Waals surface area (Å²) < 4.78 is 0. The number of rotatable bonds is 4. The Morgan fingerprint density at radius 1 is 1.23 bits per heavy atom. The van der Waals surface area contributed by atoms with Crippen molar-refractivity contribution in [3.63, 3.8) is 0 Å². The van der Waals surface area contributed by atoms with Crippen molar-refractivity contribution in [3.8, 4) is 0 Å². The first-order valence-electron chi connectivity index (χ1n) is 7.75. The summed E-state index contributed by atoms with van der Waals surface area (Å²) in [6.07, 6.45) is 4.74. The van der Waals surface area contributed by atoms with Crippen LogP contribution in [0, 0.1) is 5.92 Å². The number of carbonyl (C=O) groups excluding carboxylic acids is 1. The van der Waals surface area contributed by atoms with E-state index in [9.17, 15) is 4.79 Å². The number of aliphatic hydroxyl groups is 1. The smallest absolute Gasteiger partial charge is 0.227 e. The molecule has 3 rings (SSSR count). The van der Waals surface area contributed by atoms with Gasteiger partial charge in [0.25, 0.3) is 0 Å². The van der Waals surface area contributed by atoms with Crippen LogP contribution in [0.25, 0.3) is 10.8 Å². The molecule has 2 N–H and O–H groups in total. The van der Waals surface area contributed by atoms with Gasteiger partial charge in [0.05, 0.1) is 5.92 Å². The highest BCUT2D eigenvalue weighted by molar-refractivity contribution is 5.87. The second-order valence-electron chi connectivity index (χ2n) is 6.01. The van der Waals surface area contributed by atoms with Crippen LogP contribution in [-0.2, 0) is 4.79 Å². The molecule has 22 heavy (non-hydrogen) atoms. The van der Waals surface area contributed by atoms with Crippen molar-refractivity contribution < 1.29 is 9.90 Å². The lowest BCUT2D eigenvalue weighted by Gasteiger charge is -2.17. The van der Waals surface area contributed by atoms with Crippen molar-refractivity contribution in [2.24, 2.45) is 5.92 Å². The van der Waals surface area contributed by atoms with Crippen LogP contribution in [0.5, 0.6) is 0 Å². The number of hydrogen-bond donors (Lipinski definition) is 2. The summed E-state index contributed by atoms with van der Waals surface area (Å²) in [7, 11) is 0. The van der Waals surface area contributed by atoms with Crippen LogP contribution < -0.4 is 5.32 Å². The molecule has 1 aliphatic rings. The monoisotopic (exact) mass is 295 g/mol. The second-order valence-corrected chi connectivity index (χ2v) is 6.01. The lowest BCUT2D eigenvalue weighted by molar-refractivity contribution is -0.122. The zero-order valence-corrected chi connectivity index (χ0v) is 12.7. The van der Waals surface area contributed by atoms with E-state index in [1.807, 2.05) is 37.3 Å². The Morgan fingerprint density at radius 2 is 2.00 bits per heavy atom. The van der Waals surface area contributed by atoms with Gasteiger partial charge in [-0.1, -0.05) is 54.6 Å². The first kappa shape index (κ1) is 14.8. The SMILES string of the molecule is CC(C(=O)N[C@@H]1C=C[C@H](CO)C1)c1ccc2ccccc2c1. The van der Waals surface area contributed by atoms with Gasteiger partial charge in [-0.25, -0.2) is 0 Å². The summed E-state index contributed by atoms with van der Waals surface area (Å²) in [5.41, 5.74) is 1.02. The van der Waals surface area contributed by atoms with Crippen LogP contribution in [0.2, 0.25) is 0 Å². The Hall–Kier alpha value is -2.13. The summed E-state index contributed by atoms with van der Waals surface area (Å²) >= 11 is 0. The highest BCUT2D eigenvalue weighted by Crippen LogP contribution is 2.23. The number of nitrogens with one attached hydrogen (secondary N) is 1. The molecule has 0 radical (unpaired) electrons. The van der Waals surface area contributed by atoms with Gasteiger partial charge in [-0.15, -0.1) is 0 Å². The topological polar surface area (TPSA) is 49.3 Å². The van der Waals surface area contributed by atoms with Gasteiger partial charge in [0.15, 0.2) is 0 Å². The lowest BCUT2D eigenvalue weighted by Crippen LogP contribution is -2.35. The number of benzene rings is 2. The van der Waals surface area contributed by atoms with Crippen molar-refractivity contribution in [1.29, 1.82) is 0 Å². The molecule has 2 aromatic rings. The zero-order valence-electron chi connectivity index (χ0n) is 12.7. The molecule has 1 aliphatic carbocycles. The molecule has 1 unspecified atom stereocenters. The van der Waals surface area contributed by atoms with Crippen LogP contribution in [-0.4, -0.2) is 23.7 Å². The van der Waals surface area contributed by atoms with Crippen molar-refractivity contribution in [1.82, 2.24) is 5.32 Å². The molecular weight excluding hydrogens is 274 g/mol. The summed E-state index contributed by atoms with van der Waals surface area (Å²) in [5, 5.41) is 14.5. The molecule has 2 aromatic carbocycles. The molecule has 3 nitrogen and oxygen atoms in total. The van der Waals surface area contributed by atoms with Crippen LogP contribution in [0.15, 0.2) is 54.6 Å². The summed E-state index contributed by atoms with van der Waals surface area (Å²) in [5.74, 6) is 0.0102. The number of fused-ring (bicyclic) bond motifs is 1. The summed E-state index contributed by atoms with van der Waals surface area (Å²) in [4.78, 5) is 12.4. The van der Waals surface area contributed by atoms with Crippen molar-refractivity contribution >= 4 is 16.7 Å². The third-order valence-electron chi connectivity index (χ3n) is 4.40. The number of hydrogen-bond acceptors (Lipinski definition) is 2. The van der Waals surface area contributed by atoms with E-state index >= 15 is 0 Å². The predicted molar refractivity (Wildman–Crippen MR) is 88.6 cm³/mol. The molecule has 1 amide bonds. The van der Waals surface area contributed by atoms with Crippen molar-refractivity contribution in [2.75, 3.05) is 6.61 Å². The first-order valence-corrected chi connectivity index (χ1v) is 7.75. The fourth-order valence-corrected chi connectivity index (χ4v) is 2.95. The van der Waals surface area contributed by atoms with Gasteiger partial charge < -0.3 is 10.4 Å². The van der Waals surface area contributed by atoms with Gasteiger partial charge in [-0.05, 0) is 29.7 Å². The normalized spacial score (nSPS) is 21.9. The maximum Gasteiger partial charge on any atom is 0.227 e. The Kier molecular flexibility index (Phi) is 4.25. The molecule has 0 fully saturated rings. The zero-order chi connectivity index (χ0) is 15.5. The predicted octanol–water partition coefficient (Wildman–Crippen LogP) is 3.00. The first-order chi connectivity index (χ1) is 10.7. The molecule has 0 saturated heterocycles.